The molecule has 0 aliphatic rings. The van der Waals surface area contributed by atoms with E-state index in [9.17, 15) is 9.59 Å². The highest BCUT2D eigenvalue weighted by Crippen LogP contribution is 2.28. The number of carbonyl (C=O) groups excluding carboxylic acids is 2. The van der Waals surface area contributed by atoms with E-state index < -0.39 is 6.04 Å². The molecule has 2 aromatic carbocycles. The quantitative estimate of drug-likeness (QED) is 0.471. The molecule has 0 aliphatic heterocycles. The summed E-state index contributed by atoms with van der Waals surface area (Å²) in [4.78, 5) is 28.2. The van der Waals surface area contributed by atoms with Crippen LogP contribution in [0.15, 0.2) is 42.5 Å². The molecule has 34 heavy (non-hydrogen) atoms. The number of amides is 2. The number of rotatable bonds is 13. The summed E-state index contributed by atoms with van der Waals surface area (Å²) in [7, 11) is 4.80. The highest BCUT2D eigenvalue weighted by Gasteiger charge is 2.29. The molecular weight excluding hydrogens is 432 g/mol. The maximum Gasteiger partial charge on any atom is 0.243 e. The zero-order valence-corrected chi connectivity index (χ0v) is 21.2. The Labute approximate surface area is 203 Å². The van der Waals surface area contributed by atoms with Gasteiger partial charge in [-0.1, -0.05) is 32.0 Å². The van der Waals surface area contributed by atoms with Crippen LogP contribution in [0, 0.1) is 0 Å². The minimum absolute atomic E-state index is 0.0475. The fourth-order valence-electron chi connectivity index (χ4n) is 3.72. The lowest BCUT2D eigenvalue weighted by atomic mass is 10.1. The number of benzene rings is 2. The van der Waals surface area contributed by atoms with Crippen LogP contribution >= 0.6 is 0 Å². The van der Waals surface area contributed by atoms with Gasteiger partial charge in [0.25, 0.3) is 0 Å². The Morgan fingerprint density at radius 2 is 1.53 bits per heavy atom. The zero-order chi connectivity index (χ0) is 25.1. The van der Waals surface area contributed by atoms with Crippen molar-refractivity contribution in [3.63, 3.8) is 0 Å². The molecule has 0 bridgehead atoms. The molecule has 2 rings (SSSR count). The van der Waals surface area contributed by atoms with Crippen molar-refractivity contribution in [2.75, 3.05) is 21.3 Å². The van der Waals surface area contributed by atoms with Crippen LogP contribution in [0.3, 0.4) is 0 Å². The van der Waals surface area contributed by atoms with Crippen molar-refractivity contribution in [3.8, 4) is 17.2 Å². The average Bonchev–Trinajstić information content (AvgIpc) is 2.87. The molecule has 0 saturated heterocycles. The standard InChI is InChI=1S/C27H38N2O5/c1-7-19(3)28-27(31)23(8-2)29(18-21-9-13-22(32-4)14-10-21)26(30)16-12-20-11-15-24(33-5)25(17-20)34-6/h9-11,13-15,17,19,23H,7-8,12,16,18H2,1-6H3,(H,28,31)/t19-,23+/m1/s1. The van der Waals surface area contributed by atoms with Crippen LogP contribution in [0.4, 0.5) is 0 Å². The summed E-state index contributed by atoms with van der Waals surface area (Å²) in [6.45, 7) is 6.28. The summed E-state index contributed by atoms with van der Waals surface area (Å²) in [6, 6.07) is 12.7. The summed E-state index contributed by atoms with van der Waals surface area (Å²) < 4.78 is 15.9. The summed E-state index contributed by atoms with van der Waals surface area (Å²) in [5.41, 5.74) is 1.91. The third kappa shape index (κ3) is 7.40. The van der Waals surface area contributed by atoms with Crippen LogP contribution in [0.2, 0.25) is 0 Å². The van der Waals surface area contributed by atoms with E-state index in [2.05, 4.69) is 5.32 Å². The van der Waals surface area contributed by atoms with Gasteiger partial charge in [-0.2, -0.15) is 0 Å². The normalized spacial score (nSPS) is 12.4. The predicted octanol–water partition coefficient (Wildman–Crippen LogP) is 4.37. The molecule has 0 unspecified atom stereocenters. The van der Waals surface area contributed by atoms with Gasteiger partial charge < -0.3 is 24.4 Å². The number of aryl methyl sites for hydroxylation is 1. The molecule has 0 heterocycles. The number of nitrogens with zero attached hydrogens (tertiary/aromatic N) is 1. The Balaban J connectivity index is 2.23. The first-order chi connectivity index (χ1) is 16.4. The molecule has 0 fully saturated rings. The SMILES string of the molecule is CC[C@@H](C)NC(=O)[C@H](CC)N(Cc1ccc(OC)cc1)C(=O)CCc1ccc(OC)c(OC)c1. The van der Waals surface area contributed by atoms with Gasteiger partial charge in [-0.15, -0.1) is 0 Å². The summed E-state index contributed by atoms with van der Waals surface area (Å²) in [6.07, 6.45) is 2.16. The number of carbonyl (C=O) groups is 2. The van der Waals surface area contributed by atoms with Crippen LogP contribution in [0.5, 0.6) is 17.2 Å². The molecule has 0 aromatic heterocycles. The van der Waals surface area contributed by atoms with Crippen molar-refractivity contribution in [1.29, 1.82) is 0 Å². The van der Waals surface area contributed by atoms with E-state index in [1.165, 1.54) is 0 Å². The van der Waals surface area contributed by atoms with E-state index in [4.69, 9.17) is 14.2 Å². The van der Waals surface area contributed by atoms with Gasteiger partial charge in [0.1, 0.15) is 11.8 Å². The highest BCUT2D eigenvalue weighted by molar-refractivity contribution is 5.88. The molecule has 0 saturated carbocycles. The number of hydrogen-bond acceptors (Lipinski definition) is 5. The van der Waals surface area contributed by atoms with Gasteiger partial charge in [-0.3, -0.25) is 9.59 Å². The Bertz CT molecular complexity index is 929. The first kappa shape index (κ1) is 27.0. The lowest BCUT2D eigenvalue weighted by Gasteiger charge is -2.31. The third-order valence-electron chi connectivity index (χ3n) is 5.97. The molecule has 7 heteroatoms. The number of hydrogen-bond donors (Lipinski definition) is 1. The summed E-state index contributed by atoms with van der Waals surface area (Å²) >= 11 is 0. The molecule has 2 atom stereocenters. The molecule has 186 valence electrons. The van der Waals surface area contributed by atoms with E-state index in [-0.39, 0.29) is 24.3 Å². The largest absolute Gasteiger partial charge is 0.497 e. The van der Waals surface area contributed by atoms with Crippen LogP contribution < -0.4 is 19.5 Å². The molecule has 2 amide bonds. The summed E-state index contributed by atoms with van der Waals surface area (Å²) in [5.74, 6) is 1.83. The van der Waals surface area contributed by atoms with Gasteiger partial charge in [0.15, 0.2) is 11.5 Å². The predicted molar refractivity (Wildman–Crippen MR) is 133 cm³/mol. The van der Waals surface area contributed by atoms with E-state index in [1.807, 2.05) is 63.2 Å². The second kappa shape index (κ2) is 13.5. The smallest absolute Gasteiger partial charge is 0.243 e. The lowest BCUT2D eigenvalue weighted by Crippen LogP contribution is -2.50. The highest BCUT2D eigenvalue weighted by atomic mass is 16.5. The Morgan fingerprint density at radius 3 is 2.09 bits per heavy atom. The summed E-state index contributed by atoms with van der Waals surface area (Å²) in [5, 5.41) is 3.04. The minimum atomic E-state index is -0.547. The van der Waals surface area contributed by atoms with E-state index in [0.29, 0.717) is 30.9 Å². The maximum atomic E-state index is 13.4. The van der Waals surface area contributed by atoms with E-state index in [0.717, 1.165) is 23.3 Å². The molecule has 1 N–H and O–H groups in total. The van der Waals surface area contributed by atoms with Crippen LogP contribution in [-0.4, -0.2) is 50.1 Å². The van der Waals surface area contributed by atoms with E-state index in [1.54, 1.807) is 26.2 Å². The second-order valence-corrected chi connectivity index (χ2v) is 8.30. The first-order valence-electron chi connectivity index (χ1n) is 11.8. The van der Waals surface area contributed by atoms with Gasteiger partial charge in [0.2, 0.25) is 11.8 Å². The second-order valence-electron chi connectivity index (χ2n) is 8.30. The van der Waals surface area contributed by atoms with Crippen molar-refractivity contribution in [2.45, 2.75) is 65.1 Å². The van der Waals surface area contributed by atoms with Crippen molar-refractivity contribution in [2.24, 2.45) is 0 Å². The van der Waals surface area contributed by atoms with Crippen LogP contribution in [-0.2, 0) is 22.6 Å². The Hall–Kier alpha value is -3.22. The van der Waals surface area contributed by atoms with Gasteiger partial charge >= 0.3 is 0 Å². The molecule has 0 radical (unpaired) electrons. The average molecular weight is 471 g/mol. The Morgan fingerprint density at radius 1 is 0.882 bits per heavy atom. The van der Waals surface area contributed by atoms with Crippen molar-refractivity contribution in [1.82, 2.24) is 10.2 Å². The molecule has 0 aliphatic carbocycles. The Kier molecular flexibility index (Phi) is 10.7. The molecule has 0 spiro atoms. The van der Waals surface area contributed by atoms with Gasteiger partial charge in [0.05, 0.1) is 21.3 Å². The van der Waals surface area contributed by atoms with E-state index >= 15 is 0 Å². The zero-order valence-electron chi connectivity index (χ0n) is 21.2. The van der Waals surface area contributed by atoms with Crippen molar-refractivity contribution >= 4 is 11.8 Å². The first-order valence-corrected chi connectivity index (χ1v) is 11.8. The minimum Gasteiger partial charge on any atom is -0.497 e. The van der Waals surface area contributed by atoms with Gasteiger partial charge in [-0.25, -0.2) is 0 Å². The number of ether oxygens (including phenoxy) is 3. The number of methoxy groups -OCH3 is 3. The number of nitrogens with one attached hydrogen (secondary N) is 1. The van der Waals surface area contributed by atoms with Gasteiger partial charge in [-0.05, 0) is 61.6 Å². The maximum absolute atomic E-state index is 13.4. The monoisotopic (exact) mass is 470 g/mol. The topological polar surface area (TPSA) is 77.1 Å². The molecule has 2 aromatic rings. The van der Waals surface area contributed by atoms with Gasteiger partial charge in [0, 0.05) is 19.0 Å². The van der Waals surface area contributed by atoms with Crippen LogP contribution in [0.1, 0.15) is 51.2 Å². The van der Waals surface area contributed by atoms with Crippen LogP contribution in [0.25, 0.3) is 0 Å². The molecule has 7 nitrogen and oxygen atoms in total. The third-order valence-corrected chi connectivity index (χ3v) is 5.97. The molecular formula is C27H38N2O5. The fourth-order valence-corrected chi connectivity index (χ4v) is 3.72. The van der Waals surface area contributed by atoms with Crippen molar-refractivity contribution in [3.05, 3.63) is 53.6 Å². The van der Waals surface area contributed by atoms with Crippen molar-refractivity contribution < 1.29 is 23.8 Å². The lowest BCUT2D eigenvalue weighted by molar-refractivity contribution is -0.141. The fraction of sp³-hybridized carbons (Fsp3) is 0.481.